The largest absolute Gasteiger partial charge is 0.309 e. The standard InChI is InChI=1S/C40H25N5S/c1-2-15-32-26(9-1)10-7-17-33(32)27-11-5-12-28(23-27)39-43-40(46-44-39)30-19-20-37-35(25-30)34-16-3-4-18-36(34)45(37)31-14-6-13-29(24-31)38-41-21-8-22-42-38/h1-25H. The van der Waals surface area contributed by atoms with Crippen molar-refractivity contribution in [2.45, 2.75) is 0 Å². The predicted octanol–water partition coefficient (Wildman–Crippen LogP) is 10.2. The van der Waals surface area contributed by atoms with Gasteiger partial charge in [0.1, 0.15) is 5.01 Å². The molecule has 0 fully saturated rings. The van der Waals surface area contributed by atoms with Crippen LogP contribution in [-0.4, -0.2) is 23.9 Å². The number of hydrogen-bond donors (Lipinski definition) is 0. The minimum Gasteiger partial charge on any atom is -0.309 e. The Kier molecular flexibility index (Phi) is 6.25. The maximum Gasteiger partial charge on any atom is 0.173 e. The first kappa shape index (κ1) is 26.4. The lowest BCUT2D eigenvalue weighted by Crippen LogP contribution is -1.95. The Morgan fingerprint density at radius 2 is 1.20 bits per heavy atom. The number of fused-ring (bicyclic) bond motifs is 4. The molecule has 0 saturated carbocycles. The lowest BCUT2D eigenvalue weighted by molar-refractivity contribution is 1.15. The zero-order valence-electron chi connectivity index (χ0n) is 24.6. The molecule has 3 aromatic heterocycles. The van der Waals surface area contributed by atoms with E-state index in [4.69, 9.17) is 9.36 Å². The Labute approximate surface area is 269 Å². The van der Waals surface area contributed by atoms with Crippen molar-refractivity contribution < 1.29 is 0 Å². The summed E-state index contributed by atoms with van der Waals surface area (Å²) in [4.78, 5) is 14.0. The first-order chi connectivity index (χ1) is 22.8. The van der Waals surface area contributed by atoms with Gasteiger partial charge in [-0.05, 0) is 82.0 Å². The van der Waals surface area contributed by atoms with Crippen LogP contribution in [0.5, 0.6) is 0 Å². The van der Waals surface area contributed by atoms with Gasteiger partial charge in [0, 0.05) is 45.5 Å². The van der Waals surface area contributed by atoms with Crippen LogP contribution >= 0.6 is 11.5 Å². The van der Waals surface area contributed by atoms with E-state index in [1.54, 1.807) is 12.4 Å². The van der Waals surface area contributed by atoms with Gasteiger partial charge in [0.05, 0.1) is 11.0 Å². The van der Waals surface area contributed by atoms with Crippen LogP contribution in [0.2, 0.25) is 0 Å². The number of hydrogen-bond acceptors (Lipinski definition) is 5. The van der Waals surface area contributed by atoms with E-state index in [0.29, 0.717) is 5.82 Å². The summed E-state index contributed by atoms with van der Waals surface area (Å²) in [6.45, 7) is 0. The van der Waals surface area contributed by atoms with Gasteiger partial charge in [-0.2, -0.15) is 4.37 Å². The van der Waals surface area contributed by atoms with Gasteiger partial charge in [-0.3, -0.25) is 0 Å². The van der Waals surface area contributed by atoms with Gasteiger partial charge in [0.15, 0.2) is 11.6 Å². The average Bonchev–Trinajstić information content (AvgIpc) is 3.75. The summed E-state index contributed by atoms with van der Waals surface area (Å²) >= 11 is 1.44. The van der Waals surface area contributed by atoms with Gasteiger partial charge in [-0.25, -0.2) is 15.0 Å². The molecule has 0 bridgehead atoms. The first-order valence-electron chi connectivity index (χ1n) is 15.1. The molecule has 0 spiro atoms. The zero-order chi connectivity index (χ0) is 30.5. The smallest absolute Gasteiger partial charge is 0.173 e. The van der Waals surface area contributed by atoms with Crippen LogP contribution in [0.25, 0.3) is 82.7 Å². The van der Waals surface area contributed by atoms with E-state index < -0.39 is 0 Å². The van der Waals surface area contributed by atoms with E-state index in [0.717, 1.165) is 49.8 Å². The third-order valence-corrected chi connectivity index (χ3v) is 9.26. The highest BCUT2D eigenvalue weighted by atomic mass is 32.1. The van der Waals surface area contributed by atoms with Crippen molar-refractivity contribution in [3.63, 3.8) is 0 Å². The predicted molar refractivity (Wildman–Crippen MR) is 189 cm³/mol. The fourth-order valence-corrected chi connectivity index (χ4v) is 7.06. The lowest BCUT2D eigenvalue weighted by Gasteiger charge is -2.10. The fourth-order valence-electron chi connectivity index (χ4n) is 6.38. The molecule has 6 heteroatoms. The summed E-state index contributed by atoms with van der Waals surface area (Å²) in [5, 5.41) is 5.72. The number of para-hydroxylation sites is 1. The molecule has 46 heavy (non-hydrogen) atoms. The Balaban J connectivity index is 1.11. The summed E-state index contributed by atoms with van der Waals surface area (Å²) in [5.74, 6) is 1.45. The van der Waals surface area contributed by atoms with E-state index in [1.165, 1.54) is 38.6 Å². The minimum atomic E-state index is 0.710. The molecule has 0 aliphatic heterocycles. The Morgan fingerprint density at radius 1 is 0.478 bits per heavy atom. The van der Waals surface area contributed by atoms with Crippen molar-refractivity contribution in [3.8, 4) is 50.2 Å². The van der Waals surface area contributed by atoms with E-state index in [2.05, 4.69) is 148 Å². The fraction of sp³-hybridized carbons (Fsp3) is 0. The Bertz CT molecular complexity index is 2540. The second kappa shape index (κ2) is 10.9. The van der Waals surface area contributed by atoms with Crippen LogP contribution in [0.15, 0.2) is 152 Å². The van der Waals surface area contributed by atoms with E-state index >= 15 is 0 Å². The van der Waals surface area contributed by atoms with Crippen molar-refractivity contribution >= 4 is 44.1 Å². The number of nitrogens with zero attached hydrogens (tertiary/aromatic N) is 5. The maximum atomic E-state index is 5.03. The van der Waals surface area contributed by atoms with Crippen molar-refractivity contribution in [3.05, 3.63) is 152 Å². The Morgan fingerprint density at radius 3 is 2.11 bits per heavy atom. The van der Waals surface area contributed by atoms with E-state index in [1.807, 2.05) is 6.07 Å². The van der Waals surface area contributed by atoms with Gasteiger partial charge < -0.3 is 4.57 Å². The van der Waals surface area contributed by atoms with Crippen molar-refractivity contribution in [1.29, 1.82) is 0 Å². The zero-order valence-corrected chi connectivity index (χ0v) is 25.4. The summed E-state index contributed by atoms with van der Waals surface area (Å²) in [7, 11) is 0. The maximum absolute atomic E-state index is 5.03. The molecule has 0 aliphatic carbocycles. The molecule has 5 nitrogen and oxygen atoms in total. The molecule has 0 atom stereocenters. The summed E-state index contributed by atoms with van der Waals surface area (Å²) in [5.41, 5.74) is 8.73. The molecule has 0 unspecified atom stereocenters. The molecule has 0 N–H and O–H groups in total. The molecule has 3 heterocycles. The molecular weight excluding hydrogens is 583 g/mol. The number of benzene rings is 6. The Hall–Kier alpha value is -5.98. The second-order valence-corrected chi connectivity index (χ2v) is 12.0. The molecule has 9 rings (SSSR count). The summed E-state index contributed by atoms with van der Waals surface area (Å²) in [6.07, 6.45) is 3.55. The molecular formula is C40H25N5S. The molecule has 216 valence electrons. The summed E-state index contributed by atoms with van der Waals surface area (Å²) in [6, 6.07) is 48.9. The second-order valence-electron chi connectivity index (χ2n) is 11.2. The van der Waals surface area contributed by atoms with E-state index in [-0.39, 0.29) is 0 Å². The van der Waals surface area contributed by atoms with Crippen LogP contribution in [0, 0.1) is 0 Å². The minimum absolute atomic E-state index is 0.710. The van der Waals surface area contributed by atoms with Crippen LogP contribution in [0.1, 0.15) is 0 Å². The topological polar surface area (TPSA) is 56.5 Å². The SMILES string of the molecule is c1cnc(-c2cccc(-n3c4ccccc4c4cc(-c5nc(-c6cccc(-c7cccc8ccccc78)c6)ns5)ccc43)c2)nc1. The van der Waals surface area contributed by atoms with Gasteiger partial charge in [0.25, 0.3) is 0 Å². The normalized spacial score (nSPS) is 11.5. The molecule has 0 saturated heterocycles. The van der Waals surface area contributed by atoms with Crippen LogP contribution in [-0.2, 0) is 0 Å². The summed E-state index contributed by atoms with van der Waals surface area (Å²) < 4.78 is 7.12. The number of aromatic nitrogens is 5. The van der Waals surface area contributed by atoms with Crippen LogP contribution < -0.4 is 0 Å². The monoisotopic (exact) mass is 607 g/mol. The van der Waals surface area contributed by atoms with Crippen LogP contribution in [0.4, 0.5) is 0 Å². The van der Waals surface area contributed by atoms with Crippen molar-refractivity contribution in [1.82, 2.24) is 23.9 Å². The molecule has 0 radical (unpaired) electrons. The highest BCUT2D eigenvalue weighted by Crippen LogP contribution is 2.37. The highest BCUT2D eigenvalue weighted by Gasteiger charge is 2.16. The highest BCUT2D eigenvalue weighted by molar-refractivity contribution is 7.09. The van der Waals surface area contributed by atoms with Gasteiger partial charge >= 0.3 is 0 Å². The van der Waals surface area contributed by atoms with Crippen LogP contribution in [0.3, 0.4) is 0 Å². The van der Waals surface area contributed by atoms with Crippen molar-refractivity contribution in [2.75, 3.05) is 0 Å². The average molecular weight is 608 g/mol. The number of rotatable bonds is 5. The lowest BCUT2D eigenvalue weighted by atomic mass is 9.97. The third-order valence-electron chi connectivity index (χ3n) is 8.50. The molecule has 9 aromatic rings. The van der Waals surface area contributed by atoms with E-state index in [9.17, 15) is 0 Å². The molecule has 6 aromatic carbocycles. The quantitative estimate of drug-likeness (QED) is 0.195. The van der Waals surface area contributed by atoms with Crippen molar-refractivity contribution in [2.24, 2.45) is 0 Å². The van der Waals surface area contributed by atoms with Gasteiger partial charge in [0.2, 0.25) is 0 Å². The molecule has 0 amide bonds. The van der Waals surface area contributed by atoms with Gasteiger partial charge in [-0.15, -0.1) is 0 Å². The third kappa shape index (κ3) is 4.47. The van der Waals surface area contributed by atoms with Gasteiger partial charge in [-0.1, -0.05) is 91.0 Å². The molecule has 0 aliphatic rings. The first-order valence-corrected chi connectivity index (χ1v) is 15.9.